The molecule has 14 heavy (non-hydrogen) atoms. The van der Waals surface area contributed by atoms with Crippen LogP contribution in [-0.2, 0) is 9.53 Å². The fourth-order valence-electron chi connectivity index (χ4n) is 1.51. The molecule has 0 fully saturated rings. The van der Waals surface area contributed by atoms with Crippen molar-refractivity contribution in [2.24, 2.45) is 10.9 Å². The van der Waals surface area contributed by atoms with Crippen molar-refractivity contribution in [2.45, 2.75) is 26.8 Å². The molecule has 1 N–H and O–H groups in total. The molecule has 78 valence electrons. The lowest BCUT2D eigenvalue weighted by Gasteiger charge is -2.26. The largest absolute Gasteiger partial charge is 0.465 e. The van der Waals surface area contributed by atoms with Crippen molar-refractivity contribution in [3.8, 4) is 0 Å². The van der Waals surface area contributed by atoms with Gasteiger partial charge in [0.25, 0.3) is 0 Å². The highest BCUT2D eigenvalue weighted by Crippen LogP contribution is 2.13. The van der Waals surface area contributed by atoms with Gasteiger partial charge in [-0.2, -0.15) is 0 Å². The van der Waals surface area contributed by atoms with Crippen LogP contribution in [0.15, 0.2) is 4.99 Å². The summed E-state index contributed by atoms with van der Waals surface area (Å²) in [4.78, 5) is 26.1. The predicted molar refractivity (Wildman–Crippen MR) is 51.2 cm³/mol. The number of hydrogen-bond acceptors (Lipinski definition) is 3. The van der Waals surface area contributed by atoms with Gasteiger partial charge in [-0.1, -0.05) is 0 Å². The van der Waals surface area contributed by atoms with Gasteiger partial charge in [-0.05, 0) is 20.8 Å². The molecule has 0 saturated heterocycles. The molecule has 5 nitrogen and oxygen atoms in total. The molecular formula is C9H14N2O3. The second-order valence-corrected chi connectivity index (χ2v) is 3.22. The van der Waals surface area contributed by atoms with E-state index in [0.29, 0.717) is 12.3 Å². The maximum atomic E-state index is 11.5. The van der Waals surface area contributed by atoms with Gasteiger partial charge in [0, 0.05) is 11.8 Å². The zero-order chi connectivity index (χ0) is 10.7. The number of carbonyl (C=O) groups is 2. The summed E-state index contributed by atoms with van der Waals surface area (Å²) in [6.07, 6.45) is 0. The molecule has 0 unspecified atom stereocenters. The van der Waals surface area contributed by atoms with Crippen LogP contribution in [0, 0.1) is 5.92 Å². The number of carbonyl (C=O) groups excluding carboxylic acids is 2. The fourth-order valence-corrected chi connectivity index (χ4v) is 1.51. The van der Waals surface area contributed by atoms with Gasteiger partial charge < -0.3 is 10.1 Å². The third-order valence-corrected chi connectivity index (χ3v) is 2.12. The molecule has 2 atom stereocenters. The normalized spacial score (nSPS) is 26.5. The standard InChI is InChI=1S/C9H14N2O3/c1-4-14-8(12)7-5(2)10-9(13)11-6(7)3/h5,7H,4H2,1-3H3,(H,10,13)/t5-,7-/m1/s1. The molecule has 2 amide bonds. The van der Waals surface area contributed by atoms with Crippen LogP contribution in [0.4, 0.5) is 4.79 Å². The number of nitrogens with one attached hydrogen (secondary N) is 1. The lowest BCUT2D eigenvalue weighted by molar-refractivity contribution is -0.146. The molecule has 0 radical (unpaired) electrons. The maximum Gasteiger partial charge on any atom is 0.341 e. The summed E-state index contributed by atoms with van der Waals surface area (Å²) < 4.78 is 4.89. The summed E-state index contributed by atoms with van der Waals surface area (Å²) in [5.74, 6) is -0.783. The minimum absolute atomic E-state index is 0.251. The minimum atomic E-state index is -0.451. The number of hydrogen-bond donors (Lipinski definition) is 1. The highest BCUT2D eigenvalue weighted by molar-refractivity contribution is 6.07. The molecule has 1 rings (SSSR count). The Bertz CT molecular complexity index is 286. The Morgan fingerprint density at radius 3 is 2.79 bits per heavy atom. The fraction of sp³-hybridized carbons (Fsp3) is 0.667. The summed E-state index contributed by atoms with van der Waals surface area (Å²) in [6.45, 7) is 5.51. The second-order valence-electron chi connectivity index (χ2n) is 3.22. The van der Waals surface area contributed by atoms with Crippen molar-refractivity contribution < 1.29 is 14.3 Å². The first-order valence-corrected chi connectivity index (χ1v) is 4.58. The molecule has 5 heteroatoms. The molecule has 0 aromatic heterocycles. The van der Waals surface area contributed by atoms with E-state index in [4.69, 9.17) is 4.74 Å². The van der Waals surface area contributed by atoms with Crippen LogP contribution in [-0.4, -0.2) is 30.4 Å². The Kier molecular flexibility index (Phi) is 3.22. The van der Waals surface area contributed by atoms with E-state index in [2.05, 4.69) is 10.3 Å². The minimum Gasteiger partial charge on any atom is -0.465 e. The average molecular weight is 198 g/mol. The zero-order valence-corrected chi connectivity index (χ0v) is 8.53. The van der Waals surface area contributed by atoms with Crippen molar-refractivity contribution in [3.05, 3.63) is 0 Å². The monoisotopic (exact) mass is 198 g/mol. The Morgan fingerprint density at radius 2 is 2.29 bits per heavy atom. The van der Waals surface area contributed by atoms with Gasteiger partial charge in [-0.3, -0.25) is 4.79 Å². The van der Waals surface area contributed by atoms with E-state index in [1.54, 1.807) is 20.8 Å². The van der Waals surface area contributed by atoms with Gasteiger partial charge in [-0.25, -0.2) is 9.79 Å². The van der Waals surface area contributed by atoms with E-state index in [1.165, 1.54) is 0 Å². The number of urea groups is 1. The van der Waals surface area contributed by atoms with Crippen LogP contribution < -0.4 is 5.32 Å². The lowest BCUT2D eigenvalue weighted by Crippen LogP contribution is -2.48. The SMILES string of the molecule is CCOC(=O)[C@H]1C(C)=NC(=O)N[C@@H]1C. The quantitative estimate of drug-likeness (QED) is 0.665. The summed E-state index contributed by atoms with van der Waals surface area (Å²) in [7, 11) is 0. The first-order chi connectivity index (χ1) is 6.56. The van der Waals surface area contributed by atoms with Crippen LogP contribution >= 0.6 is 0 Å². The third-order valence-electron chi connectivity index (χ3n) is 2.12. The lowest BCUT2D eigenvalue weighted by atomic mass is 9.95. The number of ether oxygens (including phenoxy) is 1. The molecule has 1 aliphatic heterocycles. The molecule has 0 bridgehead atoms. The Hall–Kier alpha value is -1.39. The summed E-state index contributed by atoms with van der Waals surface area (Å²) in [5, 5.41) is 2.57. The van der Waals surface area contributed by atoms with Crippen molar-refractivity contribution >= 4 is 17.7 Å². The zero-order valence-electron chi connectivity index (χ0n) is 8.53. The van der Waals surface area contributed by atoms with Gasteiger partial charge in [-0.15, -0.1) is 0 Å². The molecule has 0 aromatic rings. The van der Waals surface area contributed by atoms with Crippen LogP contribution in [0.1, 0.15) is 20.8 Å². The predicted octanol–water partition coefficient (Wildman–Crippen LogP) is 0.738. The third kappa shape index (κ3) is 2.10. The van der Waals surface area contributed by atoms with E-state index >= 15 is 0 Å². The van der Waals surface area contributed by atoms with Gasteiger partial charge in [0.05, 0.1) is 6.61 Å². The Labute approximate surface area is 82.5 Å². The first kappa shape index (κ1) is 10.7. The van der Waals surface area contributed by atoms with E-state index in [0.717, 1.165) is 0 Å². The number of aliphatic imine (C=N–C) groups is 1. The molecular weight excluding hydrogens is 184 g/mol. The number of amides is 2. The summed E-state index contributed by atoms with van der Waals surface area (Å²) >= 11 is 0. The van der Waals surface area contributed by atoms with E-state index in [-0.39, 0.29) is 12.0 Å². The average Bonchev–Trinajstić information content (AvgIpc) is 2.01. The van der Waals surface area contributed by atoms with Crippen molar-refractivity contribution in [1.29, 1.82) is 0 Å². The molecule has 0 saturated carbocycles. The van der Waals surface area contributed by atoms with Gasteiger partial charge in [0.15, 0.2) is 0 Å². The van der Waals surface area contributed by atoms with Crippen LogP contribution in [0.25, 0.3) is 0 Å². The van der Waals surface area contributed by atoms with Crippen LogP contribution in [0.2, 0.25) is 0 Å². The number of rotatable bonds is 2. The second kappa shape index (κ2) is 4.21. The van der Waals surface area contributed by atoms with Crippen LogP contribution in [0.5, 0.6) is 0 Å². The summed E-state index contributed by atoms with van der Waals surface area (Å²) in [6, 6.07) is -0.644. The molecule has 1 aliphatic rings. The van der Waals surface area contributed by atoms with E-state index in [1.807, 2.05) is 0 Å². The molecule has 1 heterocycles. The van der Waals surface area contributed by atoms with Gasteiger partial charge in [0.2, 0.25) is 0 Å². The highest BCUT2D eigenvalue weighted by atomic mass is 16.5. The molecule has 0 spiro atoms. The first-order valence-electron chi connectivity index (χ1n) is 4.58. The van der Waals surface area contributed by atoms with Gasteiger partial charge in [0.1, 0.15) is 5.92 Å². The Balaban J connectivity index is 2.81. The Morgan fingerprint density at radius 1 is 1.64 bits per heavy atom. The van der Waals surface area contributed by atoms with Gasteiger partial charge >= 0.3 is 12.0 Å². The van der Waals surface area contributed by atoms with Crippen molar-refractivity contribution in [2.75, 3.05) is 6.61 Å². The smallest absolute Gasteiger partial charge is 0.341 e. The molecule has 0 aliphatic carbocycles. The number of nitrogens with zero attached hydrogens (tertiary/aromatic N) is 1. The summed E-state index contributed by atoms with van der Waals surface area (Å²) in [5.41, 5.74) is 0.514. The van der Waals surface area contributed by atoms with E-state index in [9.17, 15) is 9.59 Å². The number of esters is 1. The van der Waals surface area contributed by atoms with Crippen molar-refractivity contribution in [3.63, 3.8) is 0 Å². The van der Waals surface area contributed by atoms with E-state index < -0.39 is 11.9 Å². The molecule has 0 aromatic carbocycles. The van der Waals surface area contributed by atoms with Crippen molar-refractivity contribution in [1.82, 2.24) is 5.32 Å². The topological polar surface area (TPSA) is 67.8 Å². The highest BCUT2D eigenvalue weighted by Gasteiger charge is 2.33. The van der Waals surface area contributed by atoms with Crippen LogP contribution in [0.3, 0.4) is 0 Å². The maximum absolute atomic E-state index is 11.5.